The van der Waals surface area contributed by atoms with Gasteiger partial charge in [0.05, 0.1) is 6.17 Å². The van der Waals surface area contributed by atoms with Gasteiger partial charge in [-0.05, 0) is 13.8 Å². The van der Waals surface area contributed by atoms with Crippen molar-refractivity contribution < 1.29 is 0 Å². The van der Waals surface area contributed by atoms with Crippen LogP contribution in [-0.4, -0.2) is 30.1 Å². The fourth-order valence-electron chi connectivity index (χ4n) is 1.06. The summed E-state index contributed by atoms with van der Waals surface area (Å²) in [5.74, 6) is 0. The molecule has 1 aliphatic heterocycles. The van der Waals surface area contributed by atoms with Crippen molar-refractivity contribution in [1.29, 1.82) is 0 Å². The van der Waals surface area contributed by atoms with Crippen LogP contribution in [0.5, 0.6) is 0 Å². The summed E-state index contributed by atoms with van der Waals surface area (Å²) < 4.78 is 0. The molecule has 1 rings (SSSR count). The van der Waals surface area contributed by atoms with Gasteiger partial charge in [-0.25, -0.2) is 0 Å². The normalized spacial score (nSPS) is 27.1. The predicted octanol–water partition coefficient (Wildman–Crippen LogP) is 1.07. The lowest BCUT2D eigenvalue weighted by atomic mass is 10.5. The molecular formula is C7H14N2. The summed E-state index contributed by atoms with van der Waals surface area (Å²) >= 11 is 0. The van der Waals surface area contributed by atoms with E-state index in [1.807, 2.05) is 0 Å². The van der Waals surface area contributed by atoms with Crippen LogP contribution in [0.1, 0.15) is 13.8 Å². The molecule has 0 aliphatic carbocycles. The van der Waals surface area contributed by atoms with Gasteiger partial charge >= 0.3 is 0 Å². The Labute approximate surface area is 56.8 Å². The fourth-order valence-corrected chi connectivity index (χ4v) is 1.06. The van der Waals surface area contributed by atoms with E-state index in [4.69, 9.17) is 0 Å². The number of hydrogen-bond acceptors (Lipinski definition) is 2. The highest BCUT2D eigenvalue weighted by Crippen LogP contribution is 2.16. The summed E-state index contributed by atoms with van der Waals surface area (Å²) in [6.07, 6.45) is 2.69. The van der Waals surface area contributed by atoms with Crippen LogP contribution < -0.4 is 0 Å². The molecule has 0 fully saturated rings. The molecule has 0 radical (unpaired) electrons. The van der Waals surface area contributed by atoms with Crippen LogP contribution in [0.3, 0.4) is 0 Å². The minimum Gasteiger partial charge on any atom is -0.359 e. The molecule has 0 saturated heterocycles. The lowest BCUT2D eigenvalue weighted by Gasteiger charge is -2.24. The summed E-state index contributed by atoms with van der Waals surface area (Å²) in [5, 5.41) is 0. The highest BCUT2D eigenvalue weighted by Gasteiger charge is 2.18. The van der Waals surface area contributed by atoms with Gasteiger partial charge in [-0.1, -0.05) is 0 Å². The molecule has 0 aromatic heterocycles. The van der Waals surface area contributed by atoms with E-state index in [2.05, 4.69) is 43.9 Å². The first-order chi connectivity index (χ1) is 4.13. The largest absolute Gasteiger partial charge is 0.359 e. The average molecular weight is 126 g/mol. The second kappa shape index (κ2) is 1.94. The van der Waals surface area contributed by atoms with Crippen LogP contribution in [0.25, 0.3) is 0 Å². The lowest BCUT2D eigenvalue weighted by molar-refractivity contribution is 0.217. The van der Waals surface area contributed by atoms with Crippen LogP contribution in [0.15, 0.2) is 11.9 Å². The second-order valence-electron chi connectivity index (χ2n) is 2.68. The Kier molecular flexibility index (Phi) is 1.39. The molecule has 9 heavy (non-hydrogen) atoms. The van der Waals surface area contributed by atoms with Gasteiger partial charge in [-0.2, -0.15) is 0 Å². The van der Waals surface area contributed by atoms with Crippen molar-refractivity contribution in [2.45, 2.75) is 20.0 Å². The third-order valence-corrected chi connectivity index (χ3v) is 2.10. The molecule has 2 heteroatoms. The predicted molar refractivity (Wildman–Crippen MR) is 38.7 cm³/mol. The average Bonchev–Trinajstić information content (AvgIpc) is 1.98. The van der Waals surface area contributed by atoms with Crippen LogP contribution in [0.2, 0.25) is 0 Å². The molecule has 0 spiro atoms. The number of allylic oxidation sites excluding steroid dienone is 1. The monoisotopic (exact) mass is 126 g/mol. The lowest BCUT2D eigenvalue weighted by Crippen LogP contribution is -2.31. The van der Waals surface area contributed by atoms with Crippen molar-refractivity contribution in [3.63, 3.8) is 0 Å². The minimum atomic E-state index is 0.532. The number of rotatable bonds is 0. The minimum absolute atomic E-state index is 0.532. The Bertz CT molecular complexity index is 140. The van der Waals surface area contributed by atoms with Gasteiger partial charge in [0.1, 0.15) is 0 Å². The van der Waals surface area contributed by atoms with Crippen molar-refractivity contribution in [2.75, 3.05) is 14.1 Å². The number of hydrogen-bond donors (Lipinski definition) is 0. The van der Waals surface area contributed by atoms with Crippen LogP contribution in [0, 0.1) is 0 Å². The molecule has 1 atom stereocenters. The molecule has 0 amide bonds. The molecule has 0 bridgehead atoms. The second-order valence-corrected chi connectivity index (χ2v) is 2.68. The van der Waals surface area contributed by atoms with Crippen molar-refractivity contribution in [1.82, 2.24) is 9.80 Å². The van der Waals surface area contributed by atoms with E-state index >= 15 is 0 Å². The Hall–Kier alpha value is -0.660. The molecule has 0 unspecified atom stereocenters. The van der Waals surface area contributed by atoms with Crippen LogP contribution >= 0.6 is 0 Å². The van der Waals surface area contributed by atoms with Crippen LogP contribution in [-0.2, 0) is 0 Å². The van der Waals surface area contributed by atoms with Crippen LogP contribution in [0.4, 0.5) is 0 Å². The topological polar surface area (TPSA) is 6.48 Å². The van der Waals surface area contributed by atoms with Gasteiger partial charge in [0, 0.05) is 26.0 Å². The number of nitrogens with zero attached hydrogens (tertiary/aromatic N) is 2. The van der Waals surface area contributed by atoms with E-state index in [0.29, 0.717) is 6.17 Å². The van der Waals surface area contributed by atoms with Crippen molar-refractivity contribution in [3.05, 3.63) is 11.9 Å². The highest BCUT2D eigenvalue weighted by molar-refractivity contribution is 5.03. The first-order valence-corrected chi connectivity index (χ1v) is 3.26. The molecule has 2 nitrogen and oxygen atoms in total. The van der Waals surface area contributed by atoms with Gasteiger partial charge in [0.2, 0.25) is 0 Å². The zero-order valence-corrected chi connectivity index (χ0v) is 6.55. The maximum atomic E-state index is 2.25. The third kappa shape index (κ3) is 0.889. The first kappa shape index (κ1) is 6.46. The van der Waals surface area contributed by atoms with E-state index < -0.39 is 0 Å². The zero-order valence-electron chi connectivity index (χ0n) is 6.55. The van der Waals surface area contributed by atoms with Gasteiger partial charge in [0.25, 0.3) is 0 Å². The Morgan fingerprint density at radius 2 is 2.00 bits per heavy atom. The summed E-state index contributed by atoms with van der Waals surface area (Å²) in [5.41, 5.74) is 1.34. The smallest absolute Gasteiger partial charge is 0.0974 e. The Morgan fingerprint density at radius 1 is 1.44 bits per heavy atom. The molecule has 0 aromatic rings. The Morgan fingerprint density at radius 3 is 2.11 bits per heavy atom. The molecule has 1 heterocycles. The summed E-state index contributed by atoms with van der Waals surface area (Å²) in [4.78, 5) is 4.45. The first-order valence-electron chi connectivity index (χ1n) is 3.26. The molecular weight excluding hydrogens is 112 g/mol. The highest BCUT2D eigenvalue weighted by atomic mass is 15.4. The third-order valence-electron chi connectivity index (χ3n) is 2.10. The molecule has 1 aliphatic rings. The SMILES string of the molecule is CC1=CN(C)[C@H](C)N1C. The van der Waals surface area contributed by atoms with E-state index in [-0.39, 0.29) is 0 Å². The van der Waals surface area contributed by atoms with E-state index in [9.17, 15) is 0 Å². The molecule has 0 N–H and O–H groups in total. The van der Waals surface area contributed by atoms with Gasteiger partial charge in [0.15, 0.2) is 0 Å². The van der Waals surface area contributed by atoms with E-state index in [0.717, 1.165) is 0 Å². The maximum Gasteiger partial charge on any atom is 0.0974 e. The van der Waals surface area contributed by atoms with Crippen molar-refractivity contribution >= 4 is 0 Å². The standard InChI is InChI=1S/C7H14N2/c1-6-5-8(3)7(2)9(6)4/h5,7H,1-4H3/t7-/m0/s1. The maximum absolute atomic E-state index is 2.25. The quantitative estimate of drug-likeness (QED) is 0.479. The molecule has 0 saturated carbocycles. The van der Waals surface area contributed by atoms with E-state index in [1.165, 1.54) is 5.70 Å². The van der Waals surface area contributed by atoms with Gasteiger partial charge < -0.3 is 9.80 Å². The summed E-state index contributed by atoms with van der Waals surface area (Å²) in [7, 11) is 4.21. The van der Waals surface area contributed by atoms with Gasteiger partial charge in [-0.3, -0.25) is 0 Å². The van der Waals surface area contributed by atoms with Crippen molar-refractivity contribution in [2.24, 2.45) is 0 Å². The Balaban J connectivity index is 2.70. The summed E-state index contributed by atoms with van der Waals surface area (Å²) in [6, 6.07) is 0. The van der Waals surface area contributed by atoms with Gasteiger partial charge in [-0.15, -0.1) is 0 Å². The summed E-state index contributed by atoms with van der Waals surface area (Å²) in [6.45, 7) is 4.31. The molecule has 52 valence electrons. The molecule has 0 aromatic carbocycles. The fraction of sp³-hybridized carbons (Fsp3) is 0.714. The zero-order chi connectivity index (χ0) is 7.02. The van der Waals surface area contributed by atoms with Crippen molar-refractivity contribution in [3.8, 4) is 0 Å². The van der Waals surface area contributed by atoms with E-state index in [1.54, 1.807) is 0 Å².